The van der Waals surface area contributed by atoms with Gasteiger partial charge in [-0.15, -0.1) is 0 Å². The Hall–Kier alpha value is -1.62. The van der Waals surface area contributed by atoms with Gasteiger partial charge in [0, 0.05) is 19.9 Å². The van der Waals surface area contributed by atoms with Crippen LogP contribution in [0.15, 0.2) is 42.6 Å². The van der Waals surface area contributed by atoms with Crippen molar-refractivity contribution in [2.45, 2.75) is 65.1 Å². The van der Waals surface area contributed by atoms with Crippen LogP contribution in [0.1, 0.15) is 57.4 Å². The number of aliphatic hydroxyl groups is 1. The number of nitrogens with one attached hydrogen (secondary N) is 1. The molecule has 1 heterocycles. The van der Waals surface area contributed by atoms with Crippen molar-refractivity contribution in [2.75, 3.05) is 26.8 Å². The van der Waals surface area contributed by atoms with Crippen LogP contribution in [0, 0.1) is 0 Å². The molecular formula is C24H39N2O2+. The van der Waals surface area contributed by atoms with Gasteiger partial charge in [-0.1, -0.05) is 58.4 Å². The lowest BCUT2D eigenvalue weighted by Gasteiger charge is -2.23. The van der Waals surface area contributed by atoms with E-state index in [1.807, 2.05) is 0 Å². The van der Waals surface area contributed by atoms with Crippen LogP contribution in [-0.2, 0) is 23.2 Å². The molecule has 0 spiro atoms. The number of rotatable bonds is 11. The van der Waals surface area contributed by atoms with Gasteiger partial charge in [-0.05, 0) is 35.1 Å². The molecule has 0 saturated carbocycles. The van der Waals surface area contributed by atoms with E-state index in [0.717, 1.165) is 39.0 Å². The Bertz CT molecular complexity index is 685. The molecular weight excluding hydrogens is 348 g/mol. The first kappa shape index (κ1) is 22.7. The van der Waals surface area contributed by atoms with Gasteiger partial charge in [0.2, 0.25) is 0 Å². The standard InChI is InChI=1S/C24H38N2O2/c1-6-8-23(27)19-25(15-16-28-5)18-22-9-7-14-26(22)17-20-10-12-21(13-11-20)24(2,3)4/h7,9-14,23,27H,6,8,15-19H2,1-5H3/p+1/t23-/m0/s1. The molecule has 4 heteroatoms. The molecule has 28 heavy (non-hydrogen) atoms. The van der Waals surface area contributed by atoms with Gasteiger partial charge in [-0.25, -0.2) is 0 Å². The summed E-state index contributed by atoms with van der Waals surface area (Å²) in [5.74, 6) is 0. The van der Waals surface area contributed by atoms with E-state index in [0.29, 0.717) is 6.61 Å². The van der Waals surface area contributed by atoms with Gasteiger partial charge >= 0.3 is 0 Å². The summed E-state index contributed by atoms with van der Waals surface area (Å²) in [4.78, 5) is 1.37. The zero-order valence-electron chi connectivity index (χ0n) is 18.4. The smallest absolute Gasteiger partial charge is 0.118 e. The third-order valence-corrected chi connectivity index (χ3v) is 5.33. The average Bonchev–Trinajstić information content (AvgIpc) is 3.06. The number of aromatic nitrogens is 1. The van der Waals surface area contributed by atoms with E-state index in [1.54, 1.807) is 7.11 Å². The molecule has 1 unspecified atom stereocenters. The van der Waals surface area contributed by atoms with Crippen molar-refractivity contribution in [2.24, 2.45) is 0 Å². The topological polar surface area (TPSA) is 38.8 Å². The van der Waals surface area contributed by atoms with Crippen molar-refractivity contribution in [3.8, 4) is 0 Å². The van der Waals surface area contributed by atoms with Crippen molar-refractivity contribution in [1.29, 1.82) is 0 Å². The highest BCUT2D eigenvalue weighted by Crippen LogP contribution is 2.22. The summed E-state index contributed by atoms with van der Waals surface area (Å²) >= 11 is 0. The minimum atomic E-state index is -0.245. The molecule has 0 aliphatic carbocycles. The lowest BCUT2D eigenvalue weighted by molar-refractivity contribution is -0.917. The van der Waals surface area contributed by atoms with Crippen LogP contribution in [0.2, 0.25) is 0 Å². The van der Waals surface area contributed by atoms with Gasteiger partial charge in [-0.3, -0.25) is 0 Å². The lowest BCUT2D eigenvalue weighted by atomic mass is 9.87. The monoisotopic (exact) mass is 387 g/mol. The van der Waals surface area contributed by atoms with Crippen LogP contribution >= 0.6 is 0 Å². The fourth-order valence-corrected chi connectivity index (χ4v) is 3.60. The Balaban J connectivity index is 2.06. The fraction of sp³-hybridized carbons (Fsp3) is 0.583. The Morgan fingerprint density at radius 3 is 2.46 bits per heavy atom. The van der Waals surface area contributed by atoms with E-state index < -0.39 is 0 Å². The van der Waals surface area contributed by atoms with Crippen LogP contribution in [-0.4, -0.2) is 42.6 Å². The highest BCUT2D eigenvalue weighted by Gasteiger charge is 2.17. The number of hydrogen-bond donors (Lipinski definition) is 2. The maximum Gasteiger partial charge on any atom is 0.118 e. The van der Waals surface area contributed by atoms with Gasteiger partial charge in [0.15, 0.2) is 0 Å². The second-order valence-electron chi connectivity index (χ2n) is 8.89. The van der Waals surface area contributed by atoms with Gasteiger partial charge in [-0.2, -0.15) is 0 Å². The molecule has 4 nitrogen and oxygen atoms in total. The molecule has 2 aromatic rings. The first-order valence-corrected chi connectivity index (χ1v) is 10.6. The zero-order valence-corrected chi connectivity index (χ0v) is 18.4. The highest BCUT2D eigenvalue weighted by atomic mass is 16.5. The SMILES string of the molecule is CCC[C@H](O)C[NH+](CCOC)Cc1cccn1Cc1ccc(C(C)(C)C)cc1. The summed E-state index contributed by atoms with van der Waals surface area (Å²) in [7, 11) is 1.74. The molecule has 156 valence electrons. The molecule has 0 saturated heterocycles. The largest absolute Gasteiger partial charge is 0.387 e. The number of methoxy groups -OCH3 is 1. The average molecular weight is 388 g/mol. The third kappa shape index (κ3) is 7.08. The van der Waals surface area contributed by atoms with Crippen LogP contribution in [0.5, 0.6) is 0 Å². The quantitative estimate of drug-likeness (QED) is 0.622. The first-order chi connectivity index (χ1) is 13.3. The molecule has 0 aliphatic heterocycles. The van der Waals surface area contributed by atoms with Gasteiger partial charge in [0.1, 0.15) is 25.7 Å². The number of aliphatic hydroxyl groups excluding tert-OH is 1. The summed E-state index contributed by atoms with van der Waals surface area (Å²) in [6, 6.07) is 13.3. The van der Waals surface area contributed by atoms with E-state index in [2.05, 4.69) is 74.9 Å². The van der Waals surface area contributed by atoms with Crippen LogP contribution in [0.25, 0.3) is 0 Å². The highest BCUT2D eigenvalue weighted by molar-refractivity contribution is 5.28. The normalized spacial score (nSPS) is 14.2. The second-order valence-corrected chi connectivity index (χ2v) is 8.89. The number of quaternary nitrogens is 1. The number of nitrogens with zero attached hydrogens (tertiary/aromatic N) is 1. The van der Waals surface area contributed by atoms with E-state index in [-0.39, 0.29) is 11.5 Å². The second kappa shape index (κ2) is 10.8. The predicted molar refractivity (Wildman–Crippen MR) is 116 cm³/mol. The maximum absolute atomic E-state index is 10.3. The summed E-state index contributed by atoms with van der Waals surface area (Å²) in [6.07, 6.45) is 3.78. The number of hydrogen-bond acceptors (Lipinski definition) is 2. The van der Waals surface area contributed by atoms with Crippen molar-refractivity contribution < 1.29 is 14.7 Å². The minimum absolute atomic E-state index is 0.182. The Morgan fingerprint density at radius 1 is 1.14 bits per heavy atom. The molecule has 0 bridgehead atoms. The summed E-state index contributed by atoms with van der Waals surface area (Å²) in [5, 5.41) is 10.3. The van der Waals surface area contributed by atoms with Crippen LogP contribution in [0.4, 0.5) is 0 Å². The molecule has 0 fully saturated rings. The molecule has 2 atom stereocenters. The number of ether oxygens (including phenoxy) is 1. The molecule has 0 aliphatic rings. The Labute approximate surface area is 171 Å². The van der Waals surface area contributed by atoms with Crippen molar-refractivity contribution in [3.63, 3.8) is 0 Å². The molecule has 1 aromatic heterocycles. The summed E-state index contributed by atoms with van der Waals surface area (Å²) < 4.78 is 7.61. The Kier molecular flexibility index (Phi) is 8.74. The van der Waals surface area contributed by atoms with E-state index in [4.69, 9.17) is 4.74 Å². The first-order valence-electron chi connectivity index (χ1n) is 10.6. The summed E-state index contributed by atoms with van der Waals surface area (Å²) in [6.45, 7) is 13.0. The van der Waals surface area contributed by atoms with E-state index in [9.17, 15) is 5.11 Å². The molecule has 2 rings (SSSR count). The number of benzene rings is 1. The van der Waals surface area contributed by atoms with Gasteiger partial charge in [0.05, 0.1) is 12.3 Å². The molecule has 2 N–H and O–H groups in total. The lowest BCUT2D eigenvalue weighted by Crippen LogP contribution is -3.12. The summed E-state index contributed by atoms with van der Waals surface area (Å²) in [5.41, 5.74) is 4.16. The predicted octanol–water partition coefficient (Wildman–Crippen LogP) is 3.03. The molecule has 0 radical (unpaired) electrons. The van der Waals surface area contributed by atoms with E-state index >= 15 is 0 Å². The van der Waals surface area contributed by atoms with E-state index in [1.165, 1.54) is 21.7 Å². The van der Waals surface area contributed by atoms with Crippen molar-refractivity contribution in [3.05, 3.63) is 59.4 Å². The Morgan fingerprint density at radius 2 is 1.86 bits per heavy atom. The van der Waals surface area contributed by atoms with Crippen LogP contribution in [0.3, 0.4) is 0 Å². The fourth-order valence-electron chi connectivity index (χ4n) is 3.60. The molecule has 0 amide bonds. The maximum atomic E-state index is 10.3. The zero-order chi connectivity index (χ0) is 20.6. The van der Waals surface area contributed by atoms with Crippen molar-refractivity contribution in [1.82, 2.24) is 4.57 Å². The molecule has 1 aromatic carbocycles. The van der Waals surface area contributed by atoms with Gasteiger partial charge in [0.25, 0.3) is 0 Å². The minimum Gasteiger partial charge on any atom is -0.387 e. The third-order valence-electron chi connectivity index (χ3n) is 5.33. The van der Waals surface area contributed by atoms with Crippen molar-refractivity contribution >= 4 is 0 Å². The van der Waals surface area contributed by atoms with Gasteiger partial charge < -0.3 is 19.3 Å². The van der Waals surface area contributed by atoms with Crippen LogP contribution < -0.4 is 4.90 Å².